The molecule has 3 nitrogen and oxygen atoms in total. The van der Waals surface area contributed by atoms with Gasteiger partial charge in [0.1, 0.15) is 0 Å². The second kappa shape index (κ2) is 4.28. The van der Waals surface area contributed by atoms with E-state index in [0.717, 1.165) is 12.1 Å². The maximum atomic E-state index is 5.74. The lowest BCUT2D eigenvalue weighted by atomic mass is 10.2. The summed E-state index contributed by atoms with van der Waals surface area (Å²) < 4.78 is 0. The molecule has 1 unspecified atom stereocenters. The highest BCUT2D eigenvalue weighted by Crippen LogP contribution is 2.24. The summed E-state index contributed by atoms with van der Waals surface area (Å²) in [6.45, 7) is 4.37. The van der Waals surface area contributed by atoms with E-state index in [1.807, 2.05) is 6.92 Å². The molecule has 1 atom stereocenters. The third-order valence-corrected chi connectivity index (χ3v) is 3.40. The number of nitrogens with zero attached hydrogens (tertiary/aromatic N) is 2. The van der Waals surface area contributed by atoms with Gasteiger partial charge in [-0.3, -0.25) is 0 Å². The lowest BCUT2D eigenvalue weighted by molar-refractivity contribution is 0.724. The number of anilines is 1. The van der Waals surface area contributed by atoms with Crippen LogP contribution in [0.2, 0.25) is 0 Å². The number of aromatic nitrogens is 1. The molecule has 0 spiro atoms. The number of thiazole rings is 1. The lowest BCUT2D eigenvalue weighted by Crippen LogP contribution is -2.19. The second-order valence-corrected chi connectivity index (χ2v) is 4.83. The van der Waals surface area contributed by atoms with Crippen molar-refractivity contribution in [1.82, 2.24) is 4.98 Å². The smallest absolute Gasteiger partial charge is 0.185 e. The molecule has 0 radical (unpaired) electrons. The van der Waals surface area contributed by atoms with E-state index in [4.69, 9.17) is 5.73 Å². The van der Waals surface area contributed by atoms with Gasteiger partial charge < -0.3 is 10.6 Å². The quantitative estimate of drug-likeness (QED) is 0.826. The Bertz CT molecular complexity index is 289. The Morgan fingerprint density at radius 2 is 2.29 bits per heavy atom. The van der Waals surface area contributed by atoms with Crippen molar-refractivity contribution in [2.24, 2.45) is 5.73 Å². The third kappa shape index (κ3) is 2.25. The molecular weight excluding hydrogens is 194 g/mol. The zero-order valence-electron chi connectivity index (χ0n) is 8.57. The molecule has 78 valence electrons. The molecule has 0 saturated carbocycles. The third-order valence-electron chi connectivity index (χ3n) is 2.45. The SMILES string of the molecule is CC(N)Cc1csc(N2CCCC2)n1. The van der Waals surface area contributed by atoms with Gasteiger partial charge in [0.05, 0.1) is 5.69 Å². The Balaban J connectivity index is 2.01. The molecule has 14 heavy (non-hydrogen) atoms. The van der Waals surface area contributed by atoms with Crippen LogP contribution in [0.1, 0.15) is 25.5 Å². The zero-order chi connectivity index (χ0) is 9.97. The van der Waals surface area contributed by atoms with Crippen molar-refractivity contribution in [1.29, 1.82) is 0 Å². The van der Waals surface area contributed by atoms with Crippen molar-refractivity contribution in [2.75, 3.05) is 18.0 Å². The molecule has 2 N–H and O–H groups in total. The Kier molecular flexibility index (Phi) is 3.03. The largest absolute Gasteiger partial charge is 0.348 e. The number of hydrogen-bond donors (Lipinski definition) is 1. The molecule has 1 aliphatic heterocycles. The summed E-state index contributed by atoms with van der Waals surface area (Å²) in [6.07, 6.45) is 3.51. The van der Waals surface area contributed by atoms with Crippen LogP contribution in [-0.4, -0.2) is 24.1 Å². The standard InChI is InChI=1S/C10H17N3S/c1-8(11)6-9-7-14-10(12-9)13-4-2-3-5-13/h7-8H,2-6,11H2,1H3. The van der Waals surface area contributed by atoms with Crippen LogP contribution < -0.4 is 10.6 Å². The minimum atomic E-state index is 0.212. The van der Waals surface area contributed by atoms with Crippen LogP contribution in [0.5, 0.6) is 0 Å². The Morgan fingerprint density at radius 3 is 2.93 bits per heavy atom. The molecule has 1 aromatic heterocycles. The molecule has 2 rings (SSSR count). The monoisotopic (exact) mass is 211 g/mol. The first-order chi connectivity index (χ1) is 6.75. The molecule has 1 fully saturated rings. The van der Waals surface area contributed by atoms with Crippen LogP contribution in [0.3, 0.4) is 0 Å². The van der Waals surface area contributed by atoms with Gasteiger partial charge in [0.25, 0.3) is 0 Å². The fourth-order valence-electron chi connectivity index (χ4n) is 1.77. The zero-order valence-corrected chi connectivity index (χ0v) is 9.39. The maximum absolute atomic E-state index is 5.74. The summed E-state index contributed by atoms with van der Waals surface area (Å²) in [6, 6.07) is 0.212. The minimum absolute atomic E-state index is 0.212. The molecule has 1 aliphatic rings. The molecule has 2 heterocycles. The predicted octanol–water partition coefficient (Wildman–Crippen LogP) is 1.63. The molecule has 1 aromatic rings. The van der Waals surface area contributed by atoms with Crippen LogP contribution in [0.4, 0.5) is 5.13 Å². The van der Waals surface area contributed by atoms with Crippen LogP contribution in [0.15, 0.2) is 5.38 Å². The van der Waals surface area contributed by atoms with E-state index < -0.39 is 0 Å². The van der Waals surface area contributed by atoms with E-state index in [2.05, 4.69) is 15.3 Å². The summed E-state index contributed by atoms with van der Waals surface area (Å²) in [5, 5.41) is 3.31. The highest BCUT2D eigenvalue weighted by atomic mass is 32.1. The summed E-state index contributed by atoms with van der Waals surface area (Å²) in [7, 11) is 0. The molecule has 1 saturated heterocycles. The van der Waals surface area contributed by atoms with E-state index in [-0.39, 0.29) is 6.04 Å². The van der Waals surface area contributed by atoms with Crippen molar-refractivity contribution in [3.8, 4) is 0 Å². The lowest BCUT2D eigenvalue weighted by Gasteiger charge is -2.12. The van der Waals surface area contributed by atoms with Gasteiger partial charge in [-0.15, -0.1) is 11.3 Å². The average molecular weight is 211 g/mol. The highest BCUT2D eigenvalue weighted by Gasteiger charge is 2.15. The summed E-state index contributed by atoms with van der Waals surface area (Å²) >= 11 is 1.75. The normalized spacial score (nSPS) is 18.9. The van der Waals surface area contributed by atoms with E-state index in [0.29, 0.717) is 0 Å². The minimum Gasteiger partial charge on any atom is -0.348 e. The number of hydrogen-bond acceptors (Lipinski definition) is 4. The van der Waals surface area contributed by atoms with Crippen molar-refractivity contribution < 1.29 is 0 Å². The van der Waals surface area contributed by atoms with Crippen LogP contribution in [-0.2, 0) is 6.42 Å². The fourth-order valence-corrected chi connectivity index (χ4v) is 2.67. The van der Waals surface area contributed by atoms with Gasteiger partial charge in [0.2, 0.25) is 0 Å². The maximum Gasteiger partial charge on any atom is 0.185 e. The van der Waals surface area contributed by atoms with E-state index in [1.165, 1.54) is 31.1 Å². The van der Waals surface area contributed by atoms with Crippen LogP contribution in [0.25, 0.3) is 0 Å². The molecule has 0 aliphatic carbocycles. The predicted molar refractivity (Wildman–Crippen MR) is 60.9 cm³/mol. The summed E-state index contributed by atoms with van der Waals surface area (Å²) in [4.78, 5) is 6.97. The first kappa shape index (κ1) is 9.93. The average Bonchev–Trinajstić information content (AvgIpc) is 2.69. The van der Waals surface area contributed by atoms with E-state index >= 15 is 0 Å². The molecule has 4 heteroatoms. The number of nitrogens with two attached hydrogens (primary N) is 1. The topological polar surface area (TPSA) is 42.1 Å². The first-order valence-electron chi connectivity index (χ1n) is 5.20. The van der Waals surface area contributed by atoms with Gasteiger partial charge in [-0.1, -0.05) is 0 Å². The van der Waals surface area contributed by atoms with E-state index in [1.54, 1.807) is 11.3 Å². The van der Waals surface area contributed by atoms with Gasteiger partial charge in [-0.25, -0.2) is 4.98 Å². The Hall–Kier alpha value is -0.610. The molecule has 0 amide bonds. The van der Waals surface area contributed by atoms with Crippen LogP contribution in [0, 0.1) is 0 Å². The summed E-state index contributed by atoms with van der Waals surface area (Å²) in [5.41, 5.74) is 6.88. The highest BCUT2D eigenvalue weighted by molar-refractivity contribution is 7.13. The van der Waals surface area contributed by atoms with Crippen molar-refractivity contribution in [2.45, 2.75) is 32.2 Å². The van der Waals surface area contributed by atoms with Crippen molar-refractivity contribution in [3.05, 3.63) is 11.1 Å². The molecule has 0 bridgehead atoms. The van der Waals surface area contributed by atoms with Gasteiger partial charge in [0.15, 0.2) is 5.13 Å². The Labute approximate surface area is 88.9 Å². The Morgan fingerprint density at radius 1 is 1.57 bits per heavy atom. The summed E-state index contributed by atoms with van der Waals surface area (Å²) in [5.74, 6) is 0. The van der Waals surface area contributed by atoms with Crippen LogP contribution >= 0.6 is 11.3 Å². The van der Waals surface area contributed by atoms with Gasteiger partial charge in [-0.05, 0) is 19.8 Å². The number of rotatable bonds is 3. The second-order valence-electron chi connectivity index (χ2n) is 4.00. The fraction of sp³-hybridized carbons (Fsp3) is 0.700. The molecule has 0 aromatic carbocycles. The van der Waals surface area contributed by atoms with Crippen molar-refractivity contribution in [3.63, 3.8) is 0 Å². The van der Waals surface area contributed by atoms with Crippen molar-refractivity contribution >= 4 is 16.5 Å². The van der Waals surface area contributed by atoms with Gasteiger partial charge in [0, 0.05) is 30.9 Å². The first-order valence-corrected chi connectivity index (χ1v) is 6.08. The van der Waals surface area contributed by atoms with E-state index in [9.17, 15) is 0 Å². The van der Waals surface area contributed by atoms with Gasteiger partial charge in [-0.2, -0.15) is 0 Å². The molecular formula is C10H17N3S. The van der Waals surface area contributed by atoms with Gasteiger partial charge >= 0.3 is 0 Å².